The van der Waals surface area contributed by atoms with E-state index in [4.69, 9.17) is 4.52 Å². The molecular formula is C19H33N3O5. The summed E-state index contributed by atoms with van der Waals surface area (Å²) in [6.07, 6.45) is 0.746. The molecule has 0 radical (unpaired) electrons. The molecule has 1 aromatic rings. The van der Waals surface area contributed by atoms with Crippen molar-refractivity contribution in [3.63, 3.8) is 0 Å². The predicted molar refractivity (Wildman–Crippen MR) is 102 cm³/mol. The van der Waals surface area contributed by atoms with Crippen LogP contribution in [0, 0.1) is 5.41 Å². The maximum absolute atomic E-state index is 12.6. The molecule has 2 amide bonds. The number of amides is 2. The molecule has 154 valence electrons. The molecule has 0 aliphatic rings. The van der Waals surface area contributed by atoms with Crippen LogP contribution in [-0.2, 0) is 15.2 Å². The van der Waals surface area contributed by atoms with Gasteiger partial charge in [0.1, 0.15) is 17.7 Å². The fourth-order valence-corrected chi connectivity index (χ4v) is 2.57. The molecule has 2 unspecified atom stereocenters. The third-order valence-electron chi connectivity index (χ3n) is 4.67. The number of carbonyl (C=O) groups is 2. The van der Waals surface area contributed by atoms with Crippen molar-refractivity contribution in [2.24, 2.45) is 5.41 Å². The van der Waals surface area contributed by atoms with E-state index in [1.54, 1.807) is 20.8 Å². The molecule has 0 spiro atoms. The Kier molecular flexibility index (Phi) is 7.98. The summed E-state index contributed by atoms with van der Waals surface area (Å²) in [6, 6.07) is 0.676. The van der Waals surface area contributed by atoms with E-state index in [2.05, 4.69) is 15.8 Å². The molecule has 0 saturated carbocycles. The van der Waals surface area contributed by atoms with Gasteiger partial charge in [-0.05, 0) is 24.7 Å². The van der Waals surface area contributed by atoms with Crippen molar-refractivity contribution in [3.05, 3.63) is 11.8 Å². The minimum Gasteiger partial charge on any atom is -0.383 e. The van der Waals surface area contributed by atoms with Crippen LogP contribution in [0.25, 0.3) is 0 Å². The van der Waals surface area contributed by atoms with E-state index in [0.29, 0.717) is 25.7 Å². The Morgan fingerprint density at radius 3 is 2.26 bits per heavy atom. The van der Waals surface area contributed by atoms with Crippen molar-refractivity contribution in [2.75, 3.05) is 5.32 Å². The van der Waals surface area contributed by atoms with Crippen LogP contribution in [0.4, 0.5) is 5.82 Å². The number of aromatic nitrogens is 1. The van der Waals surface area contributed by atoms with Gasteiger partial charge in [0.05, 0.1) is 0 Å². The largest absolute Gasteiger partial charge is 0.383 e. The first-order chi connectivity index (χ1) is 12.5. The lowest BCUT2D eigenvalue weighted by Gasteiger charge is -2.26. The number of aliphatic hydroxyl groups is 2. The number of nitrogens with one attached hydrogen (secondary N) is 2. The van der Waals surface area contributed by atoms with E-state index in [9.17, 15) is 19.8 Å². The molecule has 1 heterocycles. The molecule has 4 N–H and O–H groups in total. The maximum atomic E-state index is 12.6. The third kappa shape index (κ3) is 6.04. The minimum absolute atomic E-state index is 0.169. The lowest BCUT2D eigenvalue weighted by molar-refractivity contribution is -0.137. The van der Waals surface area contributed by atoms with Crippen LogP contribution < -0.4 is 10.6 Å². The molecule has 27 heavy (non-hydrogen) atoms. The summed E-state index contributed by atoms with van der Waals surface area (Å²) in [5.74, 6) is -0.602. The standard InChI is InChI=1S/C19H33N3O5/c1-7-10-12(20-17(25)15(23)18(4,5)6)16(24)21-14-11-13(27-22-14)19(26,8-2)9-3/h11-12,15,23,26H,7-10H2,1-6H3,(H,20,25)(H,21,22,24). The fourth-order valence-electron chi connectivity index (χ4n) is 2.57. The maximum Gasteiger partial charge on any atom is 0.250 e. The van der Waals surface area contributed by atoms with Crippen LogP contribution in [0.15, 0.2) is 10.6 Å². The molecule has 0 aliphatic carbocycles. The summed E-state index contributed by atoms with van der Waals surface area (Å²) in [7, 11) is 0. The van der Waals surface area contributed by atoms with Gasteiger partial charge in [-0.15, -0.1) is 0 Å². The van der Waals surface area contributed by atoms with Crippen molar-refractivity contribution < 1.29 is 24.3 Å². The van der Waals surface area contributed by atoms with Gasteiger partial charge in [-0.25, -0.2) is 0 Å². The highest BCUT2D eigenvalue weighted by Crippen LogP contribution is 2.30. The highest BCUT2D eigenvalue weighted by atomic mass is 16.5. The number of aliphatic hydroxyl groups excluding tert-OH is 1. The Bertz CT molecular complexity index is 632. The predicted octanol–water partition coefficient (Wildman–Crippen LogP) is 2.31. The Morgan fingerprint density at radius 1 is 1.19 bits per heavy atom. The summed E-state index contributed by atoms with van der Waals surface area (Å²) >= 11 is 0. The van der Waals surface area contributed by atoms with Gasteiger partial charge in [0.15, 0.2) is 11.6 Å². The van der Waals surface area contributed by atoms with Crippen molar-refractivity contribution in [3.8, 4) is 0 Å². The van der Waals surface area contributed by atoms with Gasteiger partial charge in [0.25, 0.3) is 0 Å². The zero-order chi connectivity index (χ0) is 20.8. The smallest absolute Gasteiger partial charge is 0.250 e. The Balaban J connectivity index is 2.85. The molecule has 8 heteroatoms. The molecule has 0 aromatic carbocycles. The molecule has 1 rings (SSSR count). The fraction of sp³-hybridized carbons (Fsp3) is 0.737. The number of hydrogen-bond acceptors (Lipinski definition) is 6. The first-order valence-corrected chi connectivity index (χ1v) is 9.47. The molecular weight excluding hydrogens is 350 g/mol. The SMILES string of the molecule is CCCC(NC(=O)C(O)C(C)(C)C)C(=O)Nc1cc(C(O)(CC)CC)on1. The van der Waals surface area contributed by atoms with Gasteiger partial charge in [-0.3, -0.25) is 9.59 Å². The van der Waals surface area contributed by atoms with Crippen LogP contribution in [0.5, 0.6) is 0 Å². The molecule has 8 nitrogen and oxygen atoms in total. The molecule has 0 bridgehead atoms. The van der Waals surface area contributed by atoms with E-state index >= 15 is 0 Å². The van der Waals surface area contributed by atoms with E-state index in [0.717, 1.165) is 0 Å². The minimum atomic E-state index is -1.23. The summed E-state index contributed by atoms with van der Waals surface area (Å²) in [5.41, 5.74) is -1.77. The highest BCUT2D eigenvalue weighted by Gasteiger charge is 2.33. The first-order valence-electron chi connectivity index (χ1n) is 9.47. The number of carbonyl (C=O) groups excluding carboxylic acids is 2. The lowest BCUT2D eigenvalue weighted by atomic mass is 9.88. The van der Waals surface area contributed by atoms with Crippen LogP contribution in [-0.4, -0.2) is 39.3 Å². The summed E-state index contributed by atoms with van der Waals surface area (Å²) in [5, 5.41) is 29.5. The van der Waals surface area contributed by atoms with Crippen molar-refractivity contribution in [1.29, 1.82) is 0 Å². The molecule has 0 fully saturated rings. The zero-order valence-corrected chi connectivity index (χ0v) is 17.1. The van der Waals surface area contributed by atoms with E-state index in [-0.39, 0.29) is 11.6 Å². The highest BCUT2D eigenvalue weighted by molar-refractivity contribution is 5.97. The van der Waals surface area contributed by atoms with E-state index < -0.39 is 35.0 Å². The van der Waals surface area contributed by atoms with Gasteiger partial charge in [-0.1, -0.05) is 53.1 Å². The van der Waals surface area contributed by atoms with Crippen molar-refractivity contribution in [2.45, 2.75) is 85.0 Å². The monoisotopic (exact) mass is 383 g/mol. The van der Waals surface area contributed by atoms with Gasteiger partial charge in [0, 0.05) is 6.07 Å². The average molecular weight is 383 g/mol. The quantitative estimate of drug-likeness (QED) is 0.519. The van der Waals surface area contributed by atoms with Crippen LogP contribution in [0.3, 0.4) is 0 Å². The van der Waals surface area contributed by atoms with Crippen molar-refractivity contribution >= 4 is 17.6 Å². The number of nitrogens with zero attached hydrogens (tertiary/aromatic N) is 1. The van der Waals surface area contributed by atoms with Crippen LogP contribution in [0.2, 0.25) is 0 Å². The molecule has 2 atom stereocenters. The van der Waals surface area contributed by atoms with Crippen molar-refractivity contribution in [1.82, 2.24) is 10.5 Å². The van der Waals surface area contributed by atoms with E-state index in [1.807, 2.05) is 20.8 Å². The average Bonchev–Trinajstić information content (AvgIpc) is 3.08. The summed E-state index contributed by atoms with van der Waals surface area (Å²) < 4.78 is 5.17. The zero-order valence-electron chi connectivity index (χ0n) is 17.1. The van der Waals surface area contributed by atoms with Crippen LogP contribution in [0.1, 0.15) is 73.0 Å². The number of rotatable bonds is 9. The Morgan fingerprint density at radius 2 is 1.78 bits per heavy atom. The number of hydrogen-bond donors (Lipinski definition) is 4. The van der Waals surface area contributed by atoms with Gasteiger partial charge >= 0.3 is 0 Å². The summed E-state index contributed by atoms with van der Waals surface area (Å²) in [6.45, 7) is 10.8. The van der Waals surface area contributed by atoms with Crippen LogP contribution >= 0.6 is 0 Å². The Hall–Kier alpha value is -1.93. The lowest BCUT2D eigenvalue weighted by Crippen LogP contribution is -2.50. The Labute approximate surface area is 160 Å². The normalized spacial score (nSPS) is 14.5. The van der Waals surface area contributed by atoms with Gasteiger partial charge in [0.2, 0.25) is 11.8 Å². The number of anilines is 1. The second-order valence-corrected chi connectivity index (χ2v) is 7.92. The second-order valence-electron chi connectivity index (χ2n) is 7.92. The van der Waals surface area contributed by atoms with Gasteiger partial charge in [-0.2, -0.15) is 0 Å². The third-order valence-corrected chi connectivity index (χ3v) is 4.67. The molecule has 0 saturated heterocycles. The topological polar surface area (TPSA) is 125 Å². The molecule has 0 aliphatic heterocycles. The summed E-state index contributed by atoms with van der Waals surface area (Å²) in [4.78, 5) is 24.8. The van der Waals surface area contributed by atoms with E-state index in [1.165, 1.54) is 6.07 Å². The second kappa shape index (κ2) is 9.32. The van der Waals surface area contributed by atoms with Gasteiger partial charge < -0.3 is 25.4 Å². The first kappa shape index (κ1) is 23.1. The molecule has 1 aromatic heterocycles.